The zero-order valence-corrected chi connectivity index (χ0v) is 12.1. The lowest BCUT2D eigenvalue weighted by Gasteiger charge is -2.06. The van der Waals surface area contributed by atoms with E-state index in [-0.39, 0.29) is 23.8 Å². The van der Waals surface area contributed by atoms with Gasteiger partial charge < -0.3 is 15.2 Å². The van der Waals surface area contributed by atoms with E-state index in [1.54, 1.807) is 6.92 Å². The maximum atomic E-state index is 13.2. The van der Waals surface area contributed by atoms with Crippen molar-refractivity contribution in [3.05, 3.63) is 29.6 Å². The van der Waals surface area contributed by atoms with Crippen molar-refractivity contribution in [2.45, 2.75) is 32.6 Å². The fraction of sp³-hybridized carbons (Fsp3) is 0.467. The molecule has 0 saturated carbocycles. The van der Waals surface area contributed by atoms with E-state index in [0.29, 0.717) is 25.9 Å². The number of nitrogen functional groups attached to an aromatic ring is 1. The first-order valence-corrected chi connectivity index (χ1v) is 6.92. The molecule has 6 heteroatoms. The maximum Gasteiger partial charge on any atom is 0.338 e. The van der Waals surface area contributed by atoms with Crippen molar-refractivity contribution in [3.8, 4) is 0 Å². The third-order valence-corrected chi connectivity index (χ3v) is 2.80. The molecule has 0 unspecified atom stereocenters. The Bertz CT molecular complexity index is 491. The average molecular weight is 297 g/mol. The fourth-order valence-corrected chi connectivity index (χ4v) is 1.68. The highest BCUT2D eigenvalue weighted by Crippen LogP contribution is 2.13. The van der Waals surface area contributed by atoms with E-state index in [9.17, 15) is 14.0 Å². The lowest BCUT2D eigenvalue weighted by atomic mass is 10.2. The number of anilines is 1. The van der Waals surface area contributed by atoms with Crippen LogP contribution in [0.3, 0.4) is 0 Å². The number of carbonyl (C=O) groups is 2. The van der Waals surface area contributed by atoms with Crippen LogP contribution in [0.25, 0.3) is 0 Å². The number of nitrogens with two attached hydrogens (primary N) is 1. The van der Waals surface area contributed by atoms with Crippen LogP contribution in [0.5, 0.6) is 0 Å². The van der Waals surface area contributed by atoms with Crippen LogP contribution in [-0.4, -0.2) is 25.2 Å². The van der Waals surface area contributed by atoms with Crippen LogP contribution in [0, 0.1) is 5.82 Å². The van der Waals surface area contributed by atoms with Crippen molar-refractivity contribution in [2.75, 3.05) is 18.9 Å². The molecule has 0 fully saturated rings. The van der Waals surface area contributed by atoms with E-state index >= 15 is 0 Å². The van der Waals surface area contributed by atoms with Gasteiger partial charge in [-0.1, -0.05) is 0 Å². The molecule has 0 spiro atoms. The highest BCUT2D eigenvalue weighted by molar-refractivity contribution is 5.89. The van der Waals surface area contributed by atoms with E-state index in [0.717, 1.165) is 12.5 Å². The summed E-state index contributed by atoms with van der Waals surface area (Å²) in [4.78, 5) is 22.7. The number of rotatable bonds is 8. The van der Waals surface area contributed by atoms with E-state index in [2.05, 4.69) is 0 Å². The molecule has 0 bridgehead atoms. The number of ether oxygens (including phenoxy) is 2. The summed E-state index contributed by atoms with van der Waals surface area (Å²) in [6.07, 6.45) is 2.45. The second kappa shape index (κ2) is 8.94. The van der Waals surface area contributed by atoms with Crippen molar-refractivity contribution < 1.29 is 23.5 Å². The minimum Gasteiger partial charge on any atom is -0.466 e. The zero-order chi connectivity index (χ0) is 15.7. The van der Waals surface area contributed by atoms with Gasteiger partial charge in [-0.3, -0.25) is 4.79 Å². The van der Waals surface area contributed by atoms with Crippen LogP contribution < -0.4 is 5.73 Å². The molecule has 0 atom stereocenters. The molecule has 0 saturated heterocycles. The van der Waals surface area contributed by atoms with Crippen LogP contribution in [-0.2, 0) is 14.3 Å². The van der Waals surface area contributed by atoms with Crippen molar-refractivity contribution in [3.63, 3.8) is 0 Å². The van der Waals surface area contributed by atoms with Crippen LogP contribution in [0.1, 0.15) is 43.0 Å². The van der Waals surface area contributed by atoms with E-state index in [1.807, 2.05) is 0 Å². The molecule has 5 nitrogen and oxygen atoms in total. The lowest BCUT2D eigenvalue weighted by Crippen LogP contribution is -2.08. The summed E-state index contributed by atoms with van der Waals surface area (Å²) in [5.41, 5.74) is 5.45. The monoisotopic (exact) mass is 297 g/mol. The maximum absolute atomic E-state index is 13.2. The SMILES string of the molecule is CCOC(=O)CCCCCOC(=O)c1ccc(N)c(F)c1. The Hall–Kier alpha value is -2.11. The highest BCUT2D eigenvalue weighted by Gasteiger charge is 2.09. The molecule has 1 aromatic carbocycles. The molecular weight excluding hydrogens is 277 g/mol. The Kier molecular flexibility index (Phi) is 7.21. The van der Waals surface area contributed by atoms with Gasteiger partial charge in [0.15, 0.2) is 0 Å². The Balaban J connectivity index is 2.19. The molecule has 0 heterocycles. The van der Waals surface area contributed by atoms with Gasteiger partial charge in [-0.2, -0.15) is 0 Å². The molecule has 0 aliphatic rings. The molecule has 116 valence electrons. The highest BCUT2D eigenvalue weighted by atomic mass is 19.1. The van der Waals surface area contributed by atoms with E-state index in [4.69, 9.17) is 15.2 Å². The third kappa shape index (κ3) is 6.25. The normalized spacial score (nSPS) is 10.2. The lowest BCUT2D eigenvalue weighted by molar-refractivity contribution is -0.143. The Labute approximate surface area is 123 Å². The zero-order valence-electron chi connectivity index (χ0n) is 12.1. The van der Waals surface area contributed by atoms with Gasteiger partial charge in [0.25, 0.3) is 0 Å². The summed E-state index contributed by atoms with van der Waals surface area (Å²) in [7, 11) is 0. The standard InChI is InChI=1S/C15H20FNO4/c1-2-20-14(18)6-4-3-5-9-21-15(19)11-7-8-13(17)12(16)10-11/h7-8,10H,2-6,9,17H2,1H3. The minimum absolute atomic E-state index is 0.00878. The molecule has 0 aromatic heterocycles. The van der Waals surface area contributed by atoms with Crippen LogP contribution in [0.4, 0.5) is 10.1 Å². The molecule has 0 aliphatic heterocycles. The second-order valence-corrected chi connectivity index (χ2v) is 4.49. The van der Waals surface area contributed by atoms with E-state index in [1.165, 1.54) is 12.1 Å². The van der Waals surface area contributed by atoms with Gasteiger partial charge in [-0.25, -0.2) is 9.18 Å². The number of hydrogen-bond donors (Lipinski definition) is 1. The van der Waals surface area contributed by atoms with Crippen molar-refractivity contribution in [2.24, 2.45) is 0 Å². The predicted molar refractivity (Wildman–Crippen MR) is 76.2 cm³/mol. The molecular formula is C15H20FNO4. The second-order valence-electron chi connectivity index (χ2n) is 4.49. The number of unbranched alkanes of at least 4 members (excludes halogenated alkanes) is 2. The molecule has 1 aromatic rings. The number of hydrogen-bond acceptors (Lipinski definition) is 5. The molecule has 0 radical (unpaired) electrons. The summed E-state index contributed by atoms with van der Waals surface area (Å²) in [6, 6.07) is 3.80. The Morgan fingerprint density at radius 2 is 1.95 bits per heavy atom. The van der Waals surface area contributed by atoms with Crippen LogP contribution in [0.2, 0.25) is 0 Å². The summed E-state index contributed by atoms with van der Waals surface area (Å²) in [6.45, 7) is 2.37. The topological polar surface area (TPSA) is 78.6 Å². The van der Waals surface area contributed by atoms with Gasteiger partial charge in [-0.15, -0.1) is 0 Å². The molecule has 0 amide bonds. The third-order valence-electron chi connectivity index (χ3n) is 2.80. The summed E-state index contributed by atoms with van der Waals surface area (Å²) in [5, 5.41) is 0. The van der Waals surface area contributed by atoms with Gasteiger partial charge in [0.2, 0.25) is 0 Å². The van der Waals surface area contributed by atoms with Crippen LogP contribution in [0.15, 0.2) is 18.2 Å². The average Bonchev–Trinajstić information content (AvgIpc) is 2.45. The van der Waals surface area contributed by atoms with Crippen molar-refractivity contribution >= 4 is 17.6 Å². The first-order valence-electron chi connectivity index (χ1n) is 6.92. The van der Waals surface area contributed by atoms with Gasteiger partial charge in [0.1, 0.15) is 5.82 Å². The largest absolute Gasteiger partial charge is 0.466 e. The summed E-state index contributed by atoms with van der Waals surface area (Å²) >= 11 is 0. The smallest absolute Gasteiger partial charge is 0.338 e. The van der Waals surface area contributed by atoms with Gasteiger partial charge in [0.05, 0.1) is 24.5 Å². The predicted octanol–water partition coefficient (Wildman–Crippen LogP) is 2.69. The quantitative estimate of drug-likeness (QED) is 0.453. The summed E-state index contributed by atoms with van der Waals surface area (Å²) in [5.74, 6) is -1.44. The number of carbonyl (C=O) groups excluding carboxylic acids is 2. The Morgan fingerprint density at radius 1 is 1.19 bits per heavy atom. The Morgan fingerprint density at radius 3 is 2.62 bits per heavy atom. The molecule has 2 N–H and O–H groups in total. The minimum atomic E-state index is -0.640. The molecule has 0 aliphatic carbocycles. The number of esters is 2. The summed E-state index contributed by atoms with van der Waals surface area (Å²) < 4.78 is 23.0. The van der Waals surface area contributed by atoms with Crippen molar-refractivity contribution in [1.82, 2.24) is 0 Å². The fourth-order valence-electron chi connectivity index (χ4n) is 1.68. The number of benzene rings is 1. The van der Waals surface area contributed by atoms with Gasteiger partial charge >= 0.3 is 11.9 Å². The van der Waals surface area contributed by atoms with E-state index < -0.39 is 11.8 Å². The first kappa shape index (κ1) is 16.9. The van der Waals surface area contributed by atoms with Crippen molar-refractivity contribution in [1.29, 1.82) is 0 Å². The number of halogens is 1. The van der Waals surface area contributed by atoms with Gasteiger partial charge in [-0.05, 0) is 44.4 Å². The van der Waals surface area contributed by atoms with Crippen LogP contribution >= 0.6 is 0 Å². The van der Waals surface area contributed by atoms with Gasteiger partial charge in [0, 0.05) is 6.42 Å². The molecule has 21 heavy (non-hydrogen) atoms. The first-order chi connectivity index (χ1) is 10.0. The molecule has 1 rings (SSSR count).